The van der Waals surface area contributed by atoms with Gasteiger partial charge in [0.1, 0.15) is 5.78 Å². The minimum Gasteiger partial charge on any atom is -0.299 e. The molecule has 4 aliphatic rings. The highest BCUT2D eigenvalue weighted by Gasteiger charge is 2.59. The van der Waals surface area contributed by atoms with Crippen LogP contribution in [0.4, 0.5) is 0 Å². The molecule has 1 heteroatoms. The Balaban J connectivity index is 1.73. The number of ketones is 1. The van der Waals surface area contributed by atoms with Crippen LogP contribution in [0.3, 0.4) is 0 Å². The van der Waals surface area contributed by atoms with Crippen LogP contribution >= 0.6 is 0 Å². The lowest BCUT2D eigenvalue weighted by Crippen LogP contribution is -2.55. The number of carbonyl (C=O) groups excluding carboxylic acids is 1. The van der Waals surface area contributed by atoms with Crippen molar-refractivity contribution in [2.24, 2.45) is 34.5 Å². The van der Waals surface area contributed by atoms with Crippen LogP contribution in [0.1, 0.15) is 65.2 Å². The molecule has 4 aliphatic carbocycles. The van der Waals surface area contributed by atoms with E-state index in [9.17, 15) is 4.79 Å². The second-order valence-corrected chi connectivity index (χ2v) is 8.61. The van der Waals surface area contributed by atoms with E-state index in [1.54, 1.807) is 0 Å². The summed E-state index contributed by atoms with van der Waals surface area (Å²) in [7, 11) is 0. The minimum atomic E-state index is 0.406. The lowest BCUT2D eigenvalue weighted by Gasteiger charge is -2.58. The monoisotopic (exact) mass is 272 g/mol. The molecular formula is C19H28O. The summed E-state index contributed by atoms with van der Waals surface area (Å²) in [5.74, 6) is 3.05. The molecule has 0 aliphatic heterocycles. The first kappa shape index (κ1) is 13.1. The zero-order valence-corrected chi connectivity index (χ0v) is 13.0. The fourth-order valence-electron chi connectivity index (χ4n) is 6.50. The molecule has 0 heterocycles. The smallest absolute Gasteiger partial charge is 0.136 e. The van der Waals surface area contributed by atoms with Crippen molar-refractivity contribution in [3.63, 3.8) is 0 Å². The van der Waals surface area contributed by atoms with E-state index in [4.69, 9.17) is 0 Å². The molecule has 3 saturated carbocycles. The second kappa shape index (κ2) is 4.21. The quantitative estimate of drug-likeness (QED) is 0.581. The molecule has 4 rings (SSSR count). The van der Waals surface area contributed by atoms with Crippen LogP contribution in [0, 0.1) is 34.5 Å². The van der Waals surface area contributed by atoms with Gasteiger partial charge in [0.05, 0.1) is 0 Å². The Hall–Kier alpha value is -0.590. The molecule has 110 valence electrons. The highest BCUT2D eigenvalue weighted by Crippen LogP contribution is 2.64. The number of hydrogen-bond donors (Lipinski definition) is 0. The molecular weight excluding hydrogens is 244 g/mol. The lowest BCUT2D eigenvalue weighted by molar-refractivity contribution is -0.150. The molecule has 0 aromatic carbocycles. The Bertz CT molecular complexity index is 464. The van der Waals surface area contributed by atoms with E-state index in [1.807, 2.05) is 0 Å². The van der Waals surface area contributed by atoms with Gasteiger partial charge in [-0.25, -0.2) is 0 Å². The third-order valence-corrected chi connectivity index (χ3v) is 7.80. The van der Waals surface area contributed by atoms with Gasteiger partial charge >= 0.3 is 0 Å². The van der Waals surface area contributed by atoms with Crippen LogP contribution in [0.2, 0.25) is 0 Å². The van der Waals surface area contributed by atoms with Gasteiger partial charge in [-0.05, 0) is 67.1 Å². The van der Waals surface area contributed by atoms with Crippen LogP contribution in [0.25, 0.3) is 0 Å². The fraction of sp³-hybridized carbons (Fsp3) is 0.842. The van der Waals surface area contributed by atoms with Gasteiger partial charge in [0.15, 0.2) is 0 Å². The minimum absolute atomic E-state index is 0.406. The van der Waals surface area contributed by atoms with E-state index in [2.05, 4.69) is 26.0 Å². The summed E-state index contributed by atoms with van der Waals surface area (Å²) in [6.07, 6.45) is 14.7. The Morgan fingerprint density at radius 2 is 1.95 bits per heavy atom. The van der Waals surface area contributed by atoms with Gasteiger partial charge in [-0.1, -0.05) is 32.4 Å². The van der Waals surface area contributed by atoms with Crippen molar-refractivity contribution in [1.29, 1.82) is 0 Å². The number of carbonyl (C=O) groups is 1. The summed E-state index contributed by atoms with van der Waals surface area (Å²) in [6, 6.07) is 0. The van der Waals surface area contributed by atoms with E-state index in [0.717, 1.165) is 12.8 Å². The molecule has 0 bridgehead atoms. The van der Waals surface area contributed by atoms with Gasteiger partial charge in [0, 0.05) is 12.3 Å². The second-order valence-electron chi connectivity index (χ2n) is 8.61. The topological polar surface area (TPSA) is 17.1 Å². The van der Waals surface area contributed by atoms with E-state index >= 15 is 0 Å². The number of fused-ring (bicyclic) bond motifs is 5. The van der Waals surface area contributed by atoms with Gasteiger partial charge in [-0.2, -0.15) is 0 Å². The highest BCUT2D eigenvalue weighted by atomic mass is 16.1. The van der Waals surface area contributed by atoms with Gasteiger partial charge in [0.25, 0.3) is 0 Å². The van der Waals surface area contributed by atoms with Crippen molar-refractivity contribution in [1.82, 2.24) is 0 Å². The molecule has 0 aromatic heterocycles. The van der Waals surface area contributed by atoms with Crippen molar-refractivity contribution in [2.75, 3.05) is 0 Å². The van der Waals surface area contributed by atoms with Crippen molar-refractivity contribution < 1.29 is 4.79 Å². The Morgan fingerprint density at radius 3 is 2.80 bits per heavy atom. The predicted molar refractivity (Wildman–Crippen MR) is 81.3 cm³/mol. The zero-order chi connectivity index (χ0) is 14.0. The van der Waals surface area contributed by atoms with E-state index in [0.29, 0.717) is 40.3 Å². The number of Topliss-reactive ketones (excluding diaryl/α,β-unsaturated/α-hetero) is 1. The van der Waals surface area contributed by atoms with Gasteiger partial charge in [-0.3, -0.25) is 4.79 Å². The summed E-state index contributed by atoms with van der Waals surface area (Å²) < 4.78 is 0. The van der Waals surface area contributed by atoms with Crippen LogP contribution in [-0.2, 0) is 4.79 Å². The van der Waals surface area contributed by atoms with Crippen LogP contribution in [-0.4, -0.2) is 5.78 Å². The molecule has 0 N–H and O–H groups in total. The third kappa shape index (κ3) is 1.58. The summed E-state index contributed by atoms with van der Waals surface area (Å²) >= 11 is 0. The Kier molecular flexibility index (Phi) is 2.76. The summed E-state index contributed by atoms with van der Waals surface area (Å²) in [6.45, 7) is 4.98. The van der Waals surface area contributed by atoms with Crippen molar-refractivity contribution >= 4 is 5.78 Å². The maximum atomic E-state index is 12.9. The number of allylic oxidation sites excluding steroid dienone is 2. The summed E-state index contributed by atoms with van der Waals surface area (Å²) in [5, 5.41) is 0. The van der Waals surface area contributed by atoms with Crippen molar-refractivity contribution in [2.45, 2.75) is 65.2 Å². The molecule has 0 radical (unpaired) electrons. The molecule has 0 aromatic rings. The highest BCUT2D eigenvalue weighted by molar-refractivity contribution is 5.83. The van der Waals surface area contributed by atoms with Crippen LogP contribution < -0.4 is 0 Å². The maximum absolute atomic E-state index is 12.9. The van der Waals surface area contributed by atoms with E-state index in [1.165, 1.54) is 38.5 Å². The standard InChI is InChI=1S/C19H28O/c1-18-9-5-7-14(18)17-15(8-11-18)19(2)10-4-3-6-13(19)12-16(17)20/h3-4,13-15,17H,5-12H2,1-2H3/t13-,14?,15?,17?,18?,19?/m1/s1. The normalized spacial score (nSPS) is 54.2. The molecule has 1 nitrogen and oxygen atoms in total. The Morgan fingerprint density at radius 1 is 1.10 bits per heavy atom. The first-order chi connectivity index (χ1) is 9.55. The van der Waals surface area contributed by atoms with Crippen molar-refractivity contribution in [3.05, 3.63) is 12.2 Å². The van der Waals surface area contributed by atoms with Gasteiger partial charge in [-0.15, -0.1) is 0 Å². The number of rotatable bonds is 0. The van der Waals surface area contributed by atoms with Crippen LogP contribution in [0.15, 0.2) is 12.2 Å². The molecule has 0 saturated heterocycles. The molecule has 20 heavy (non-hydrogen) atoms. The molecule has 3 fully saturated rings. The van der Waals surface area contributed by atoms with E-state index in [-0.39, 0.29) is 0 Å². The number of hydrogen-bond acceptors (Lipinski definition) is 1. The predicted octanol–water partition coefficient (Wildman–Crippen LogP) is 4.76. The lowest BCUT2D eigenvalue weighted by atomic mass is 9.46. The summed E-state index contributed by atoms with van der Waals surface area (Å²) in [4.78, 5) is 12.9. The average molecular weight is 272 g/mol. The molecule has 0 amide bonds. The van der Waals surface area contributed by atoms with Gasteiger partial charge < -0.3 is 0 Å². The first-order valence-corrected chi connectivity index (χ1v) is 8.72. The fourth-order valence-corrected chi connectivity index (χ4v) is 6.50. The largest absolute Gasteiger partial charge is 0.299 e. The maximum Gasteiger partial charge on any atom is 0.136 e. The average Bonchev–Trinajstić information content (AvgIpc) is 2.81. The SMILES string of the molecule is CC12CCCC1C1C(=O)C[C@H]3CC=CCC3(C)C1CC2. The van der Waals surface area contributed by atoms with Gasteiger partial charge in [0.2, 0.25) is 0 Å². The zero-order valence-electron chi connectivity index (χ0n) is 13.0. The van der Waals surface area contributed by atoms with Crippen molar-refractivity contribution in [3.8, 4) is 0 Å². The summed E-state index contributed by atoms with van der Waals surface area (Å²) in [5.41, 5.74) is 0.905. The first-order valence-electron chi connectivity index (χ1n) is 8.72. The molecule has 5 unspecified atom stereocenters. The van der Waals surface area contributed by atoms with E-state index < -0.39 is 0 Å². The third-order valence-electron chi connectivity index (χ3n) is 7.80. The molecule has 0 spiro atoms. The Labute approximate surface area is 123 Å². The molecule has 6 atom stereocenters. The van der Waals surface area contributed by atoms with Crippen LogP contribution in [0.5, 0.6) is 0 Å².